The number of aromatic amines is 1. The number of carbonyl (C=O) groups is 14. The van der Waals surface area contributed by atoms with Gasteiger partial charge >= 0.3 is 47.4 Å². The van der Waals surface area contributed by atoms with E-state index in [0.717, 1.165) is 70.4 Å². The van der Waals surface area contributed by atoms with E-state index < -0.39 is 211 Å². The normalized spacial score (nSPS) is 10.8. The lowest BCUT2D eigenvalue weighted by Crippen LogP contribution is -2.50. The van der Waals surface area contributed by atoms with Crippen molar-refractivity contribution >= 4 is 135 Å². The highest BCUT2D eigenvalue weighted by molar-refractivity contribution is 5.95. The van der Waals surface area contributed by atoms with Crippen molar-refractivity contribution in [3.63, 3.8) is 0 Å². The number of rotatable bonds is 46. The quantitative estimate of drug-likeness (QED) is 0.0146. The van der Waals surface area contributed by atoms with Crippen LogP contribution in [0.3, 0.4) is 0 Å². The van der Waals surface area contributed by atoms with Crippen molar-refractivity contribution in [3.8, 4) is 0 Å². The van der Waals surface area contributed by atoms with Crippen molar-refractivity contribution in [2.24, 2.45) is 5.73 Å². The molecular weight excluding hydrogens is 1800 g/mol. The van der Waals surface area contributed by atoms with Crippen LogP contribution in [0.2, 0.25) is 0 Å². The second kappa shape index (κ2) is 49.8. The Morgan fingerprint density at radius 3 is 1.01 bits per heavy atom. The molecule has 0 saturated heterocycles. The number of carbonyl (C=O) groups excluding carboxylic acids is 14. The largest absolute Gasteiger partial charge is 0.468 e. The zero-order valence-electron chi connectivity index (χ0n) is 73.3. The molecule has 11 aromatic rings. The number of fused-ring (bicyclic) bond motifs is 2. The molecule has 0 atom stereocenters. The van der Waals surface area contributed by atoms with Crippen LogP contribution in [0.25, 0.3) is 22.3 Å². The highest BCUT2D eigenvalue weighted by atomic mass is 16.6. The third kappa shape index (κ3) is 31.1. The number of esters is 1. The lowest BCUT2D eigenvalue weighted by molar-refractivity contribution is -0.147. The lowest BCUT2D eigenvalue weighted by Gasteiger charge is -2.26. The van der Waals surface area contributed by atoms with Crippen LogP contribution in [0, 0.1) is 0 Å². The van der Waals surface area contributed by atoms with Gasteiger partial charge in [0.05, 0.1) is 45.9 Å². The number of amides is 13. The molecule has 0 aliphatic rings. The maximum Gasteiger partial charge on any atom is 0.413 e. The SMILES string of the molecule is COC(=O)CN(CCNC(=O)CN(CCNC(=O)CN(CCNC(=O)CN(CCNC(=O)CN(CCN)C(=O)Cn1ccc(NC(=O)OCc2ccccc2)nc1=O)C(=O)Cn1ccc(NC(=O)OCc2ccccc2)nc1=O)C(=O)Cn1ccc(NC(=O)OCc2ccccc2)nc1=O)C(=O)Cn1cnc2c(NC(=O)OCc3ccccc3)ncnc21)C(=O)Cn1cnc2c(=O)[nH]c(N)nc21. The number of anilines is 5. The first-order valence-electron chi connectivity index (χ1n) is 41.8. The van der Waals surface area contributed by atoms with E-state index in [1.807, 2.05) is 0 Å². The van der Waals surface area contributed by atoms with Crippen molar-refractivity contribution in [3.05, 3.63) is 241 Å². The van der Waals surface area contributed by atoms with Crippen molar-refractivity contribution < 1.29 is 90.8 Å². The van der Waals surface area contributed by atoms with Crippen LogP contribution in [-0.2, 0) is 131 Å². The van der Waals surface area contributed by atoms with Gasteiger partial charge in [-0.1, -0.05) is 121 Å². The minimum atomic E-state index is -1.08. The van der Waals surface area contributed by atoms with Crippen molar-refractivity contribution in [1.82, 2.24) is 113 Å². The molecule has 11 rings (SSSR count). The summed E-state index contributed by atoms with van der Waals surface area (Å²) in [6, 6.07) is 38.4. The zero-order valence-corrected chi connectivity index (χ0v) is 73.3. The summed E-state index contributed by atoms with van der Waals surface area (Å²) in [7, 11) is 1.08. The number of hydrogen-bond acceptors (Lipinski definition) is 33. The number of H-pyrrole nitrogens is 1. The fourth-order valence-corrected chi connectivity index (χ4v) is 12.8. The second-order valence-electron chi connectivity index (χ2n) is 29.5. The molecule has 7 heterocycles. The van der Waals surface area contributed by atoms with E-state index in [2.05, 4.69) is 87.4 Å². The first kappa shape index (κ1) is 99.5. The average molecular weight is 1890 g/mol. The molecule has 0 fully saturated rings. The molecule has 0 aliphatic carbocycles. The van der Waals surface area contributed by atoms with Crippen LogP contribution >= 0.6 is 0 Å². The van der Waals surface area contributed by atoms with Gasteiger partial charge in [0, 0.05) is 84.0 Å². The summed E-state index contributed by atoms with van der Waals surface area (Å²) in [5, 5.41) is 19.8. The number of nitrogens with two attached hydrogens (primary N) is 2. The van der Waals surface area contributed by atoms with Crippen molar-refractivity contribution in [2.45, 2.75) is 59.2 Å². The molecule has 7 aromatic heterocycles. The van der Waals surface area contributed by atoms with Gasteiger partial charge in [0.15, 0.2) is 28.1 Å². The number of imidazole rings is 2. The number of aromatic nitrogens is 14. The molecule has 52 heteroatoms. The number of methoxy groups -OCH3 is 1. The summed E-state index contributed by atoms with van der Waals surface area (Å²) in [4.78, 5) is 283. The van der Waals surface area contributed by atoms with Gasteiger partial charge < -0.3 is 90.1 Å². The first-order chi connectivity index (χ1) is 66.1. The smallest absolute Gasteiger partial charge is 0.413 e. The zero-order chi connectivity index (χ0) is 97.7. The van der Waals surface area contributed by atoms with Gasteiger partial charge in [-0.25, -0.2) is 53.5 Å². The number of benzene rings is 4. The van der Waals surface area contributed by atoms with Crippen molar-refractivity contribution in [1.29, 1.82) is 0 Å². The van der Waals surface area contributed by atoms with Gasteiger partial charge in [0.2, 0.25) is 59.1 Å². The Kier molecular flexibility index (Phi) is 36.2. The number of nitrogens with zero attached hydrogens (tertiary/aromatic N) is 18. The summed E-state index contributed by atoms with van der Waals surface area (Å²) in [5.41, 5.74) is 10.3. The van der Waals surface area contributed by atoms with E-state index >= 15 is 0 Å². The van der Waals surface area contributed by atoms with Crippen LogP contribution in [0.1, 0.15) is 22.3 Å². The molecule has 0 saturated carbocycles. The van der Waals surface area contributed by atoms with E-state index in [9.17, 15) is 86.3 Å². The Bertz CT molecular complexity index is 6420. The van der Waals surface area contributed by atoms with Crippen LogP contribution in [0.15, 0.2) is 196 Å². The summed E-state index contributed by atoms with van der Waals surface area (Å²) in [6.45, 7) is -11.6. The van der Waals surface area contributed by atoms with Crippen LogP contribution in [-0.4, -0.2) is 281 Å². The van der Waals surface area contributed by atoms with Gasteiger partial charge in [-0.05, 0) is 40.5 Å². The summed E-state index contributed by atoms with van der Waals surface area (Å²) < 4.78 is 30.9. The molecule has 0 unspecified atom stereocenters. The van der Waals surface area contributed by atoms with Crippen LogP contribution in [0.4, 0.5) is 48.4 Å². The Morgan fingerprint density at radius 1 is 0.365 bits per heavy atom. The third-order valence-electron chi connectivity index (χ3n) is 19.7. The van der Waals surface area contributed by atoms with Gasteiger partial charge in [-0.2, -0.15) is 19.9 Å². The van der Waals surface area contributed by atoms with Gasteiger partial charge in [-0.15, -0.1) is 0 Å². The Balaban J connectivity index is 0.780. The molecule has 13 N–H and O–H groups in total. The second-order valence-corrected chi connectivity index (χ2v) is 29.5. The fourth-order valence-electron chi connectivity index (χ4n) is 12.8. The monoisotopic (exact) mass is 1890 g/mol. The molecule has 4 aromatic carbocycles. The van der Waals surface area contributed by atoms with E-state index in [0.29, 0.717) is 22.3 Å². The minimum absolute atomic E-state index is 0.00834. The molecule has 13 amide bonds. The van der Waals surface area contributed by atoms with E-state index in [-0.39, 0.29) is 104 Å². The predicted octanol–water partition coefficient (Wildman–Crippen LogP) is -1.95. The molecule has 0 spiro atoms. The first-order valence-corrected chi connectivity index (χ1v) is 41.8. The highest BCUT2D eigenvalue weighted by Gasteiger charge is 2.28. The molecule has 0 aliphatic heterocycles. The summed E-state index contributed by atoms with van der Waals surface area (Å²) in [6.07, 6.45) is 3.04. The molecule has 52 nitrogen and oxygen atoms in total. The Morgan fingerprint density at radius 2 is 0.679 bits per heavy atom. The van der Waals surface area contributed by atoms with Crippen LogP contribution < -0.4 is 76.6 Å². The van der Waals surface area contributed by atoms with Crippen LogP contribution in [0.5, 0.6) is 0 Å². The van der Waals surface area contributed by atoms with E-state index in [1.165, 1.54) is 39.9 Å². The predicted molar refractivity (Wildman–Crippen MR) is 480 cm³/mol. The number of hydrogen-bond donors (Lipinski definition) is 11. The third-order valence-corrected chi connectivity index (χ3v) is 19.7. The summed E-state index contributed by atoms with van der Waals surface area (Å²) >= 11 is 0. The van der Waals surface area contributed by atoms with Gasteiger partial charge in [-0.3, -0.25) is 92.7 Å². The molecule has 716 valence electrons. The van der Waals surface area contributed by atoms with Gasteiger partial charge in [0.25, 0.3) is 5.56 Å². The minimum Gasteiger partial charge on any atom is -0.468 e. The maximum absolute atomic E-state index is 14.7. The Labute approximate surface area is 774 Å². The van der Waals surface area contributed by atoms with Gasteiger partial charge in [0.1, 0.15) is 89.5 Å². The topological polar surface area (TPSA) is 661 Å². The number of ether oxygens (including phenoxy) is 5. The lowest BCUT2D eigenvalue weighted by atomic mass is 10.2. The van der Waals surface area contributed by atoms with E-state index in [4.69, 9.17) is 35.2 Å². The van der Waals surface area contributed by atoms with Crippen molar-refractivity contribution in [2.75, 3.05) is 132 Å². The standard InChI is InChI=1S/C85H93N29O23/c1-133-71(124)47-109(70(123)46-114-54-95-73-76(114)103-78(87)104-77(73)125)37-29-91-65(118)41-108(69(122)45-113-53-94-72-74(92-52-93-75(72)113)102-85(132)137-51-58-20-12-5-13-21-58)36-28-90-64(117)40-107(68(121)44-112-32-24-61(98-81(112)128)101-84(131)136-50-57-18-10-4-11-19-57)35-27-89-63(116)39-106(67(120)43-111-31-23-60(97-80(111)127)100-83(130)135-49-56-16-8-3-9-17-56)34-26-88-62(115)38-105(33-25-86)66(119)42-110-30-22-59(96-79(110)126)99-82(129)134-48-55-14-6-2-7-15-55/h2-24,30-32,52-54H,25-29,33-51,86H2,1H3,(H,88,115)(H,89,116)(H,90,117)(H,91,118)(H3,87,103,104,125)(H,92,93,102,132)(H,96,99,126,129)(H,97,100,127,130)(H,98,101,128,131). The molecular formula is C85H93N29O23. The van der Waals surface area contributed by atoms with E-state index in [1.54, 1.807) is 121 Å². The maximum atomic E-state index is 14.7. The number of nitrogens with one attached hydrogen (secondary N) is 9. The fraction of sp³-hybridized carbons (Fsp3) is 0.294. The molecule has 0 bridgehead atoms. The summed E-state index contributed by atoms with van der Waals surface area (Å²) in [5.74, 6) is -9.75. The molecule has 137 heavy (non-hydrogen) atoms. The average Bonchev–Trinajstić information content (AvgIpc) is 1.65. The highest BCUT2D eigenvalue weighted by Crippen LogP contribution is 2.20. The molecule has 0 radical (unpaired) electrons. The number of nitrogen functional groups attached to an aromatic ring is 1. The Hall–Kier alpha value is -18.0.